The Hall–Kier alpha value is -1.63. The van der Waals surface area contributed by atoms with Crippen LogP contribution in [0.1, 0.15) is 20.3 Å². The third-order valence-corrected chi connectivity index (χ3v) is 1.94. The summed E-state index contributed by atoms with van der Waals surface area (Å²) in [4.78, 5) is 34.8. The zero-order valence-electron chi connectivity index (χ0n) is 10.4. The quantitative estimate of drug-likeness (QED) is 0.509. The molecule has 0 aromatic rings. The Balaban J connectivity index is 4.21. The summed E-state index contributed by atoms with van der Waals surface area (Å²) in [5, 5.41) is 2.64. The number of carbonyl (C=O) groups excluding carboxylic acids is 3. The molecular weight excluding hydrogens is 224 g/mol. The lowest BCUT2D eigenvalue weighted by atomic mass is 10.2. The molecule has 0 saturated heterocycles. The highest BCUT2D eigenvalue weighted by atomic mass is 16.2. The van der Waals surface area contributed by atoms with Crippen LogP contribution in [0.25, 0.3) is 0 Å². The standard InChI is InChI=1S/C10H20N4O3/c1-6(2)13-9(16)5-14(3)10(17)7(11)4-8(12)15/h6-7H,4-5,11H2,1-3H3,(H2,12,15)(H,13,16). The van der Waals surface area contributed by atoms with Gasteiger partial charge in [0.05, 0.1) is 19.0 Å². The lowest BCUT2D eigenvalue weighted by molar-refractivity contribution is -0.137. The maximum atomic E-state index is 11.6. The Morgan fingerprint density at radius 1 is 1.29 bits per heavy atom. The van der Waals surface area contributed by atoms with Crippen molar-refractivity contribution in [1.29, 1.82) is 0 Å². The highest BCUT2D eigenvalue weighted by molar-refractivity contribution is 5.90. The average Bonchev–Trinajstić information content (AvgIpc) is 2.13. The van der Waals surface area contributed by atoms with Gasteiger partial charge >= 0.3 is 0 Å². The predicted octanol–water partition coefficient (Wildman–Crippen LogP) is -1.83. The van der Waals surface area contributed by atoms with E-state index in [1.54, 1.807) is 0 Å². The third kappa shape index (κ3) is 6.52. The summed E-state index contributed by atoms with van der Waals surface area (Å²) in [6, 6.07) is -0.991. The molecular formula is C10H20N4O3. The molecule has 0 aliphatic carbocycles. The number of hydrogen-bond acceptors (Lipinski definition) is 4. The summed E-state index contributed by atoms with van der Waals surface area (Å²) >= 11 is 0. The van der Waals surface area contributed by atoms with Gasteiger partial charge in [-0.15, -0.1) is 0 Å². The van der Waals surface area contributed by atoms with Crippen molar-refractivity contribution in [3.05, 3.63) is 0 Å². The molecule has 0 rings (SSSR count). The van der Waals surface area contributed by atoms with Crippen molar-refractivity contribution in [1.82, 2.24) is 10.2 Å². The first-order valence-electron chi connectivity index (χ1n) is 5.32. The Morgan fingerprint density at radius 3 is 2.24 bits per heavy atom. The molecule has 5 N–H and O–H groups in total. The fraction of sp³-hybridized carbons (Fsp3) is 0.700. The van der Waals surface area contributed by atoms with Gasteiger partial charge in [-0.1, -0.05) is 0 Å². The number of hydrogen-bond donors (Lipinski definition) is 3. The van der Waals surface area contributed by atoms with Crippen LogP contribution in [0.3, 0.4) is 0 Å². The van der Waals surface area contributed by atoms with Crippen molar-refractivity contribution < 1.29 is 14.4 Å². The minimum Gasteiger partial charge on any atom is -0.370 e. The van der Waals surface area contributed by atoms with Crippen molar-refractivity contribution in [3.8, 4) is 0 Å². The molecule has 0 fully saturated rings. The highest BCUT2D eigenvalue weighted by Crippen LogP contribution is 1.94. The van der Waals surface area contributed by atoms with Crippen LogP contribution in [-0.2, 0) is 14.4 Å². The molecule has 98 valence electrons. The predicted molar refractivity (Wildman–Crippen MR) is 62.7 cm³/mol. The summed E-state index contributed by atoms with van der Waals surface area (Å²) in [6.45, 7) is 3.54. The van der Waals surface area contributed by atoms with Crippen LogP contribution < -0.4 is 16.8 Å². The van der Waals surface area contributed by atoms with Crippen LogP contribution in [-0.4, -0.2) is 48.3 Å². The van der Waals surface area contributed by atoms with E-state index in [1.165, 1.54) is 11.9 Å². The van der Waals surface area contributed by atoms with Gasteiger partial charge in [0.2, 0.25) is 17.7 Å². The number of nitrogens with zero attached hydrogens (tertiary/aromatic N) is 1. The van der Waals surface area contributed by atoms with Gasteiger partial charge in [-0.2, -0.15) is 0 Å². The summed E-state index contributed by atoms with van der Waals surface area (Å²) in [5.74, 6) is -1.41. The lowest BCUT2D eigenvalue weighted by Crippen LogP contribution is -2.48. The van der Waals surface area contributed by atoms with Crippen LogP contribution in [0.5, 0.6) is 0 Å². The smallest absolute Gasteiger partial charge is 0.240 e. The summed E-state index contributed by atoms with van der Waals surface area (Å²) < 4.78 is 0. The van der Waals surface area contributed by atoms with Crippen molar-refractivity contribution in [2.24, 2.45) is 11.5 Å². The van der Waals surface area contributed by atoms with E-state index in [0.717, 1.165) is 0 Å². The number of amides is 3. The van der Waals surface area contributed by atoms with Gasteiger partial charge < -0.3 is 21.7 Å². The zero-order chi connectivity index (χ0) is 13.6. The van der Waals surface area contributed by atoms with E-state index in [9.17, 15) is 14.4 Å². The van der Waals surface area contributed by atoms with Crippen LogP contribution in [0, 0.1) is 0 Å². The maximum absolute atomic E-state index is 11.6. The molecule has 3 amide bonds. The third-order valence-electron chi connectivity index (χ3n) is 1.94. The first-order valence-corrected chi connectivity index (χ1v) is 5.32. The summed E-state index contributed by atoms with van der Waals surface area (Å²) in [7, 11) is 1.45. The number of nitrogens with two attached hydrogens (primary N) is 2. The first kappa shape index (κ1) is 15.4. The summed E-state index contributed by atoms with van der Waals surface area (Å²) in [5.41, 5.74) is 10.4. The lowest BCUT2D eigenvalue weighted by Gasteiger charge is -2.20. The van der Waals surface area contributed by atoms with Gasteiger partial charge in [0.25, 0.3) is 0 Å². The Bertz CT molecular complexity index is 304. The Morgan fingerprint density at radius 2 is 1.82 bits per heavy atom. The van der Waals surface area contributed by atoms with Gasteiger partial charge in [-0.3, -0.25) is 14.4 Å². The van der Waals surface area contributed by atoms with Crippen molar-refractivity contribution in [3.63, 3.8) is 0 Å². The molecule has 7 heteroatoms. The molecule has 0 heterocycles. The SMILES string of the molecule is CC(C)NC(=O)CN(C)C(=O)C(N)CC(N)=O. The van der Waals surface area contributed by atoms with Gasteiger partial charge in [0.15, 0.2) is 0 Å². The first-order chi connectivity index (χ1) is 7.73. The fourth-order valence-electron chi connectivity index (χ4n) is 1.25. The van der Waals surface area contributed by atoms with Crippen LogP contribution in [0.4, 0.5) is 0 Å². The van der Waals surface area contributed by atoms with E-state index in [-0.39, 0.29) is 24.9 Å². The van der Waals surface area contributed by atoms with Crippen molar-refractivity contribution in [2.45, 2.75) is 32.4 Å². The van der Waals surface area contributed by atoms with Crippen molar-refractivity contribution in [2.75, 3.05) is 13.6 Å². The molecule has 17 heavy (non-hydrogen) atoms. The Kier molecular flexibility index (Phi) is 6.19. The second-order valence-electron chi connectivity index (χ2n) is 4.19. The normalized spacial score (nSPS) is 12.1. The van der Waals surface area contributed by atoms with E-state index >= 15 is 0 Å². The molecule has 7 nitrogen and oxygen atoms in total. The molecule has 1 atom stereocenters. The second kappa shape index (κ2) is 6.85. The molecule has 0 spiro atoms. The molecule has 0 aliphatic heterocycles. The van der Waals surface area contributed by atoms with Crippen LogP contribution in [0.15, 0.2) is 0 Å². The second-order valence-corrected chi connectivity index (χ2v) is 4.19. The largest absolute Gasteiger partial charge is 0.370 e. The van der Waals surface area contributed by atoms with Gasteiger partial charge in [-0.25, -0.2) is 0 Å². The molecule has 0 radical (unpaired) electrons. The zero-order valence-corrected chi connectivity index (χ0v) is 10.4. The molecule has 0 aromatic carbocycles. The van der Waals surface area contributed by atoms with Gasteiger partial charge in [-0.05, 0) is 13.8 Å². The maximum Gasteiger partial charge on any atom is 0.240 e. The topological polar surface area (TPSA) is 119 Å². The van der Waals surface area contributed by atoms with Crippen LogP contribution in [0.2, 0.25) is 0 Å². The van der Waals surface area contributed by atoms with E-state index < -0.39 is 17.9 Å². The minimum atomic E-state index is -0.996. The molecule has 0 aromatic heterocycles. The Labute approximate surface area is 100 Å². The monoisotopic (exact) mass is 244 g/mol. The molecule has 0 aliphatic rings. The van der Waals surface area contributed by atoms with E-state index in [0.29, 0.717) is 0 Å². The van der Waals surface area contributed by atoms with Gasteiger partial charge in [0, 0.05) is 13.1 Å². The number of nitrogens with one attached hydrogen (secondary N) is 1. The average molecular weight is 244 g/mol. The number of primary amides is 1. The van der Waals surface area contributed by atoms with Crippen LogP contribution >= 0.6 is 0 Å². The highest BCUT2D eigenvalue weighted by Gasteiger charge is 2.21. The minimum absolute atomic E-state index is 0.00490. The van der Waals surface area contributed by atoms with E-state index in [1.807, 2.05) is 13.8 Å². The number of rotatable bonds is 6. The van der Waals surface area contributed by atoms with E-state index in [4.69, 9.17) is 11.5 Å². The fourth-order valence-corrected chi connectivity index (χ4v) is 1.25. The molecule has 1 unspecified atom stereocenters. The molecule has 0 saturated carbocycles. The van der Waals surface area contributed by atoms with Crippen molar-refractivity contribution >= 4 is 17.7 Å². The molecule has 0 bridgehead atoms. The summed E-state index contributed by atoms with van der Waals surface area (Å²) in [6.07, 6.45) is -0.227. The van der Waals surface area contributed by atoms with Gasteiger partial charge in [0.1, 0.15) is 0 Å². The number of carbonyl (C=O) groups is 3. The van der Waals surface area contributed by atoms with E-state index in [2.05, 4.69) is 5.32 Å². The number of likely N-dealkylation sites (N-methyl/N-ethyl adjacent to an activating group) is 1.